The molecule has 6 nitrogen and oxygen atoms in total. The van der Waals surface area contributed by atoms with E-state index in [0.717, 1.165) is 22.6 Å². The number of rotatable bonds is 5. The number of nitrogens with one attached hydrogen (secondary N) is 2. The Bertz CT molecular complexity index is 767. The van der Waals surface area contributed by atoms with Crippen LogP contribution in [0.2, 0.25) is 0 Å². The van der Waals surface area contributed by atoms with Crippen LogP contribution in [0.15, 0.2) is 34.7 Å². The van der Waals surface area contributed by atoms with Crippen molar-refractivity contribution >= 4 is 17.6 Å². The van der Waals surface area contributed by atoms with Gasteiger partial charge in [-0.3, -0.25) is 4.79 Å². The summed E-state index contributed by atoms with van der Waals surface area (Å²) in [5.74, 6) is 1.62. The van der Waals surface area contributed by atoms with Crippen molar-refractivity contribution < 1.29 is 14.0 Å². The van der Waals surface area contributed by atoms with Crippen LogP contribution in [0.3, 0.4) is 0 Å². The molecule has 134 valence electrons. The van der Waals surface area contributed by atoms with Crippen LogP contribution >= 0.6 is 0 Å². The minimum absolute atomic E-state index is 0.00398. The van der Waals surface area contributed by atoms with Gasteiger partial charge in [0, 0.05) is 31.8 Å². The van der Waals surface area contributed by atoms with Crippen LogP contribution in [-0.4, -0.2) is 23.9 Å². The highest BCUT2D eigenvalue weighted by Crippen LogP contribution is 2.21. The van der Waals surface area contributed by atoms with E-state index in [2.05, 4.69) is 10.6 Å². The third-order valence-electron chi connectivity index (χ3n) is 4.04. The van der Waals surface area contributed by atoms with Gasteiger partial charge in [0.2, 0.25) is 5.91 Å². The van der Waals surface area contributed by atoms with E-state index in [4.69, 9.17) is 4.42 Å². The number of hydrogen-bond acceptors (Lipinski definition) is 3. The molecule has 6 heteroatoms. The molecule has 2 N–H and O–H groups in total. The second-order valence-electron chi connectivity index (χ2n) is 6.26. The number of furan rings is 1. The lowest BCUT2D eigenvalue weighted by atomic mass is 10.1. The molecule has 1 heterocycles. The molecule has 0 saturated heterocycles. The van der Waals surface area contributed by atoms with Crippen LogP contribution in [0.25, 0.3) is 0 Å². The molecule has 2 rings (SSSR count). The van der Waals surface area contributed by atoms with Crippen molar-refractivity contribution in [1.29, 1.82) is 0 Å². The van der Waals surface area contributed by atoms with Gasteiger partial charge in [-0.15, -0.1) is 0 Å². The maximum atomic E-state index is 12.2. The molecule has 3 amide bonds. The molecule has 0 aliphatic carbocycles. The van der Waals surface area contributed by atoms with Gasteiger partial charge in [0.25, 0.3) is 0 Å². The van der Waals surface area contributed by atoms with Crippen LogP contribution in [-0.2, 0) is 11.3 Å². The number of amides is 3. The summed E-state index contributed by atoms with van der Waals surface area (Å²) in [5.41, 5.74) is 2.59. The normalized spacial score (nSPS) is 11.7. The first-order valence-electron chi connectivity index (χ1n) is 8.21. The molecule has 1 aromatic heterocycles. The van der Waals surface area contributed by atoms with Crippen molar-refractivity contribution in [2.45, 2.75) is 40.3 Å². The fourth-order valence-electron chi connectivity index (χ4n) is 2.65. The lowest BCUT2D eigenvalue weighted by molar-refractivity contribution is -0.128. The molecule has 0 radical (unpaired) electrons. The van der Waals surface area contributed by atoms with Crippen molar-refractivity contribution in [1.82, 2.24) is 10.2 Å². The van der Waals surface area contributed by atoms with Crippen LogP contribution in [0, 0.1) is 13.8 Å². The number of aryl methyl sites for hydroxylation is 2. The number of anilines is 1. The summed E-state index contributed by atoms with van der Waals surface area (Å²) < 4.78 is 5.50. The standard InChI is InChI=1S/C19H25N3O3/c1-12-9-18(14(3)25-12)13(2)20-19(24)21-17-8-6-7-16(10-17)11-22(5)15(4)23/h6-10,13H,11H2,1-5H3,(H2,20,21,24)/t13-/m1/s1. The first kappa shape index (κ1) is 18.6. The maximum absolute atomic E-state index is 12.2. The van der Waals surface area contributed by atoms with E-state index in [1.807, 2.05) is 51.1 Å². The van der Waals surface area contributed by atoms with E-state index in [0.29, 0.717) is 12.2 Å². The molecular weight excluding hydrogens is 318 g/mol. The average molecular weight is 343 g/mol. The fraction of sp³-hybridized carbons (Fsp3) is 0.368. The third-order valence-corrected chi connectivity index (χ3v) is 4.04. The molecule has 0 aliphatic rings. The minimum atomic E-state index is -0.289. The average Bonchev–Trinajstić information content (AvgIpc) is 2.86. The SMILES string of the molecule is CC(=O)N(C)Cc1cccc(NC(=O)N[C@H](C)c2cc(C)oc2C)c1. The Morgan fingerprint density at radius 2 is 1.96 bits per heavy atom. The third kappa shape index (κ3) is 5.11. The van der Waals surface area contributed by atoms with Crippen molar-refractivity contribution in [2.75, 3.05) is 12.4 Å². The molecule has 25 heavy (non-hydrogen) atoms. The Kier molecular flexibility index (Phi) is 5.85. The van der Waals surface area contributed by atoms with E-state index < -0.39 is 0 Å². The van der Waals surface area contributed by atoms with Crippen LogP contribution in [0.5, 0.6) is 0 Å². The monoisotopic (exact) mass is 343 g/mol. The van der Waals surface area contributed by atoms with Crippen molar-refractivity contribution in [3.8, 4) is 0 Å². The maximum Gasteiger partial charge on any atom is 0.319 e. The molecule has 0 spiro atoms. The zero-order valence-corrected chi connectivity index (χ0v) is 15.3. The highest BCUT2D eigenvalue weighted by Gasteiger charge is 2.15. The van der Waals surface area contributed by atoms with Crippen LogP contribution < -0.4 is 10.6 Å². The summed E-state index contributed by atoms with van der Waals surface area (Å²) >= 11 is 0. The van der Waals surface area contributed by atoms with Gasteiger partial charge < -0.3 is 20.0 Å². The van der Waals surface area contributed by atoms with Gasteiger partial charge in [-0.05, 0) is 44.5 Å². The minimum Gasteiger partial charge on any atom is -0.466 e. The highest BCUT2D eigenvalue weighted by molar-refractivity contribution is 5.89. The number of urea groups is 1. The van der Waals surface area contributed by atoms with Gasteiger partial charge in [-0.2, -0.15) is 0 Å². The molecule has 0 fully saturated rings. The number of hydrogen-bond donors (Lipinski definition) is 2. The smallest absolute Gasteiger partial charge is 0.319 e. The molecule has 0 aliphatic heterocycles. The number of benzene rings is 1. The zero-order valence-electron chi connectivity index (χ0n) is 15.3. The Morgan fingerprint density at radius 1 is 1.24 bits per heavy atom. The summed E-state index contributed by atoms with van der Waals surface area (Å²) in [6.45, 7) is 7.70. The van der Waals surface area contributed by atoms with Gasteiger partial charge >= 0.3 is 6.03 Å². The van der Waals surface area contributed by atoms with E-state index in [1.54, 1.807) is 11.9 Å². The predicted octanol–water partition coefficient (Wildman–Crippen LogP) is 3.76. The molecular formula is C19H25N3O3. The molecule has 2 aromatic rings. The fourth-order valence-corrected chi connectivity index (χ4v) is 2.65. The number of carbonyl (C=O) groups is 2. The quantitative estimate of drug-likeness (QED) is 0.868. The molecule has 1 atom stereocenters. The second kappa shape index (κ2) is 7.88. The predicted molar refractivity (Wildman–Crippen MR) is 97.3 cm³/mol. The van der Waals surface area contributed by atoms with Crippen LogP contribution in [0.4, 0.5) is 10.5 Å². The van der Waals surface area contributed by atoms with Crippen molar-refractivity contribution in [2.24, 2.45) is 0 Å². The summed E-state index contributed by atoms with van der Waals surface area (Å²) in [6.07, 6.45) is 0. The number of carbonyl (C=O) groups excluding carboxylic acids is 2. The Morgan fingerprint density at radius 3 is 2.56 bits per heavy atom. The second-order valence-corrected chi connectivity index (χ2v) is 6.26. The van der Waals surface area contributed by atoms with Gasteiger partial charge in [0.15, 0.2) is 0 Å². The lowest BCUT2D eigenvalue weighted by Crippen LogP contribution is -2.31. The van der Waals surface area contributed by atoms with E-state index >= 15 is 0 Å². The van der Waals surface area contributed by atoms with E-state index in [9.17, 15) is 9.59 Å². The first-order valence-corrected chi connectivity index (χ1v) is 8.21. The van der Waals surface area contributed by atoms with Gasteiger partial charge in [-0.25, -0.2) is 4.79 Å². The summed E-state index contributed by atoms with van der Waals surface area (Å²) in [4.78, 5) is 25.2. The molecule has 0 saturated carbocycles. The van der Waals surface area contributed by atoms with E-state index in [-0.39, 0.29) is 18.0 Å². The van der Waals surface area contributed by atoms with Gasteiger partial charge in [0.1, 0.15) is 11.5 Å². The lowest BCUT2D eigenvalue weighted by Gasteiger charge is -2.16. The first-order chi connectivity index (χ1) is 11.8. The Labute approximate surface area is 148 Å². The zero-order chi connectivity index (χ0) is 18.6. The van der Waals surface area contributed by atoms with Gasteiger partial charge in [-0.1, -0.05) is 12.1 Å². The Balaban J connectivity index is 1.98. The molecule has 0 unspecified atom stereocenters. The van der Waals surface area contributed by atoms with E-state index in [1.165, 1.54) is 6.92 Å². The highest BCUT2D eigenvalue weighted by atomic mass is 16.3. The molecule has 0 bridgehead atoms. The summed E-state index contributed by atoms with van der Waals surface area (Å²) in [7, 11) is 1.74. The van der Waals surface area contributed by atoms with Crippen molar-refractivity contribution in [3.05, 3.63) is 53.0 Å². The molecule has 1 aromatic carbocycles. The van der Waals surface area contributed by atoms with Crippen molar-refractivity contribution in [3.63, 3.8) is 0 Å². The topological polar surface area (TPSA) is 74.6 Å². The largest absolute Gasteiger partial charge is 0.466 e. The Hall–Kier alpha value is -2.76. The summed E-state index contributed by atoms with van der Waals surface area (Å²) in [5, 5.41) is 5.73. The van der Waals surface area contributed by atoms with Crippen LogP contribution in [0.1, 0.15) is 42.5 Å². The summed E-state index contributed by atoms with van der Waals surface area (Å²) in [6, 6.07) is 8.92. The number of nitrogens with zero attached hydrogens (tertiary/aromatic N) is 1. The van der Waals surface area contributed by atoms with Gasteiger partial charge in [0.05, 0.1) is 6.04 Å².